The molecule has 1 heterocycles. The highest BCUT2D eigenvalue weighted by atomic mass is 16.2. The molecule has 1 aromatic heterocycles. The van der Waals surface area contributed by atoms with Crippen LogP contribution >= 0.6 is 0 Å². The van der Waals surface area contributed by atoms with Gasteiger partial charge >= 0.3 is 0 Å². The molecular weight excluding hydrogens is 166 g/mol. The molecule has 4 nitrogen and oxygen atoms in total. The highest BCUT2D eigenvalue weighted by molar-refractivity contribution is 5.76. The van der Waals surface area contributed by atoms with Gasteiger partial charge in [0, 0.05) is 18.4 Å². The molecular formula is C9H15N3O. The Morgan fingerprint density at radius 3 is 2.85 bits per heavy atom. The van der Waals surface area contributed by atoms with Gasteiger partial charge in [0.2, 0.25) is 5.91 Å². The third kappa shape index (κ3) is 2.89. The van der Waals surface area contributed by atoms with Crippen LogP contribution in [0, 0.1) is 6.92 Å². The topological polar surface area (TPSA) is 46.9 Å². The largest absolute Gasteiger partial charge is 0.352 e. The molecule has 0 saturated carbocycles. The lowest BCUT2D eigenvalue weighted by Crippen LogP contribution is -2.33. The molecule has 1 rings (SSSR count). The van der Waals surface area contributed by atoms with E-state index in [1.165, 1.54) is 0 Å². The van der Waals surface area contributed by atoms with Gasteiger partial charge < -0.3 is 9.88 Å². The standard InChI is InChI=1S/C9H15N3O/c1-7(2)11-9(13)6-12-5-4-10-8(12)3/h4-5,7H,6H2,1-3H3,(H,11,13). The number of hydrogen-bond donors (Lipinski definition) is 1. The molecule has 0 atom stereocenters. The fourth-order valence-electron chi connectivity index (χ4n) is 1.09. The molecule has 0 aliphatic rings. The first-order chi connectivity index (χ1) is 6.09. The summed E-state index contributed by atoms with van der Waals surface area (Å²) in [6.45, 7) is 6.12. The Labute approximate surface area is 78.0 Å². The minimum Gasteiger partial charge on any atom is -0.352 e. The molecule has 72 valence electrons. The number of aromatic nitrogens is 2. The fourth-order valence-corrected chi connectivity index (χ4v) is 1.09. The first-order valence-electron chi connectivity index (χ1n) is 4.36. The van der Waals surface area contributed by atoms with Crippen molar-refractivity contribution >= 4 is 5.91 Å². The van der Waals surface area contributed by atoms with Gasteiger partial charge in [-0.25, -0.2) is 4.98 Å². The predicted molar refractivity (Wildman–Crippen MR) is 50.2 cm³/mol. The molecule has 0 aliphatic heterocycles. The highest BCUT2D eigenvalue weighted by Gasteiger charge is 2.05. The van der Waals surface area contributed by atoms with Gasteiger partial charge in [-0.15, -0.1) is 0 Å². The molecule has 0 saturated heterocycles. The average molecular weight is 181 g/mol. The van der Waals surface area contributed by atoms with E-state index in [0.29, 0.717) is 6.54 Å². The molecule has 13 heavy (non-hydrogen) atoms. The van der Waals surface area contributed by atoms with E-state index in [9.17, 15) is 4.79 Å². The summed E-state index contributed by atoms with van der Waals surface area (Å²) < 4.78 is 1.82. The number of rotatable bonds is 3. The van der Waals surface area contributed by atoms with E-state index in [1.54, 1.807) is 12.4 Å². The molecule has 0 aromatic carbocycles. The van der Waals surface area contributed by atoms with Crippen LogP contribution in [-0.4, -0.2) is 21.5 Å². The minimum absolute atomic E-state index is 0.0242. The molecule has 0 fully saturated rings. The van der Waals surface area contributed by atoms with Crippen LogP contribution in [0.2, 0.25) is 0 Å². The summed E-state index contributed by atoms with van der Waals surface area (Å²) in [5, 5.41) is 2.82. The van der Waals surface area contributed by atoms with Gasteiger partial charge in [0.25, 0.3) is 0 Å². The number of carbonyl (C=O) groups excluding carboxylic acids is 1. The van der Waals surface area contributed by atoms with Crippen molar-refractivity contribution in [3.05, 3.63) is 18.2 Å². The second-order valence-electron chi connectivity index (χ2n) is 3.32. The first-order valence-corrected chi connectivity index (χ1v) is 4.36. The number of hydrogen-bond acceptors (Lipinski definition) is 2. The maximum atomic E-state index is 11.3. The van der Waals surface area contributed by atoms with E-state index < -0.39 is 0 Å². The maximum absolute atomic E-state index is 11.3. The lowest BCUT2D eigenvalue weighted by atomic mass is 10.4. The molecule has 0 radical (unpaired) electrons. The molecule has 1 N–H and O–H groups in total. The summed E-state index contributed by atoms with van der Waals surface area (Å²) in [7, 11) is 0. The average Bonchev–Trinajstić information content (AvgIpc) is 2.34. The predicted octanol–water partition coefficient (Wildman–Crippen LogP) is 0.716. The van der Waals surface area contributed by atoms with E-state index in [-0.39, 0.29) is 11.9 Å². The summed E-state index contributed by atoms with van der Waals surface area (Å²) in [5.74, 6) is 0.884. The summed E-state index contributed by atoms with van der Waals surface area (Å²) >= 11 is 0. The summed E-state index contributed by atoms with van der Waals surface area (Å²) in [6.07, 6.45) is 3.49. The molecule has 1 aromatic rings. The van der Waals surface area contributed by atoms with Gasteiger partial charge in [0.15, 0.2) is 0 Å². The van der Waals surface area contributed by atoms with Crippen molar-refractivity contribution in [2.75, 3.05) is 0 Å². The number of imidazole rings is 1. The molecule has 0 spiro atoms. The van der Waals surface area contributed by atoms with Gasteiger partial charge in [-0.3, -0.25) is 4.79 Å². The van der Waals surface area contributed by atoms with Crippen molar-refractivity contribution < 1.29 is 4.79 Å². The van der Waals surface area contributed by atoms with Crippen molar-refractivity contribution in [1.82, 2.24) is 14.9 Å². The summed E-state index contributed by atoms with van der Waals surface area (Å²) in [6, 6.07) is 0.191. The third-order valence-corrected chi connectivity index (χ3v) is 1.69. The Kier molecular flexibility index (Phi) is 3.06. The zero-order valence-electron chi connectivity index (χ0n) is 8.24. The monoisotopic (exact) mass is 181 g/mol. The van der Waals surface area contributed by atoms with E-state index in [4.69, 9.17) is 0 Å². The Hall–Kier alpha value is -1.32. The van der Waals surface area contributed by atoms with Crippen LogP contribution in [0.4, 0.5) is 0 Å². The summed E-state index contributed by atoms with van der Waals surface area (Å²) in [4.78, 5) is 15.3. The number of carbonyl (C=O) groups is 1. The maximum Gasteiger partial charge on any atom is 0.240 e. The van der Waals surface area contributed by atoms with Crippen LogP contribution < -0.4 is 5.32 Å². The minimum atomic E-state index is 0.0242. The van der Waals surface area contributed by atoms with Crippen LogP contribution in [0.25, 0.3) is 0 Å². The smallest absolute Gasteiger partial charge is 0.240 e. The SMILES string of the molecule is Cc1nccn1CC(=O)NC(C)C. The zero-order chi connectivity index (χ0) is 9.84. The second kappa shape index (κ2) is 4.07. The van der Waals surface area contributed by atoms with Crippen molar-refractivity contribution in [3.8, 4) is 0 Å². The highest BCUT2D eigenvalue weighted by Crippen LogP contribution is 1.94. The van der Waals surface area contributed by atoms with Gasteiger partial charge in [-0.05, 0) is 20.8 Å². The van der Waals surface area contributed by atoms with Gasteiger partial charge in [-0.2, -0.15) is 0 Å². The lowest BCUT2D eigenvalue weighted by molar-refractivity contribution is -0.122. The lowest BCUT2D eigenvalue weighted by Gasteiger charge is -2.09. The molecule has 1 amide bonds. The van der Waals surface area contributed by atoms with E-state index in [1.807, 2.05) is 25.3 Å². The number of nitrogens with zero attached hydrogens (tertiary/aromatic N) is 2. The summed E-state index contributed by atoms with van der Waals surface area (Å²) in [5.41, 5.74) is 0. The second-order valence-corrected chi connectivity index (χ2v) is 3.32. The van der Waals surface area contributed by atoms with Crippen LogP contribution in [0.5, 0.6) is 0 Å². The van der Waals surface area contributed by atoms with Gasteiger partial charge in [0.1, 0.15) is 12.4 Å². The Morgan fingerprint density at radius 2 is 2.38 bits per heavy atom. The number of amides is 1. The van der Waals surface area contributed by atoms with Crippen molar-refractivity contribution in [3.63, 3.8) is 0 Å². The Bertz CT molecular complexity index is 291. The van der Waals surface area contributed by atoms with Gasteiger partial charge in [0.05, 0.1) is 0 Å². The van der Waals surface area contributed by atoms with Crippen molar-refractivity contribution in [1.29, 1.82) is 0 Å². The van der Waals surface area contributed by atoms with Crippen LogP contribution in [0.3, 0.4) is 0 Å². The van der Waals surface area contributed by atoms with E-state index in [2.05, 4.69) is 10.3 Å². The molecule has 0 unspecified atom stereocenters. The zero-order valence-corrected chi connectivity index (χ0v) is 8.24. The normalized spacial score (nSPS) is 10.5. The number of aryl methyl sites for hydroxylation is 1. The molecule has 0 aliphatic carbocycles. The van der Waals surface area contributed by atoms with E-state index in [0.717, 1.165) is 5.82 Å². The van der Waals surface area contributed by atoms with Gasteiger partial charge in [-0.1, -0.05) is 0 Å². The fraction of sp³-hybridized carbons (Fsp3) is 0.556. The van der Waals surface area contributed by atoms with E-state index >= 15 is 0 Å². The molecule has 4 heteroatoms. The van der Waals surface area contributed by atoms with Crippen molar-refractivity contribution in [2.24, 2.45) is 0 Å². The Balaban J connectivity index is 2.50. The number of nitrogens with one attached hydrogen (secondary N) is 1. The third-order valence-electron chi connectivity index (χ3n) is 1.69. The quantitative estimate of drug-likeness (QED) is 0.746. The van der Waals surface area contributed by atoms with Crippen LogP contribution in [-0.2, 0) is 11.3 Å². The van der Waals surface area contributed by atoms with Crippen molar-refractivity contribution in [2.45, 2.75) is 33.4 Å². The first kappa shape index (κ1) is 9.77. The van der Waals surface area contributed by atoms with Crippen LogP contribution in [0.15, 0.2) is 12.4 Å². The molecule has 0 bridgehead atoms. The van der Waals surface area contributed by atoms with Crippen LogP contribution in [0.1, 0.15) is 19.7 Å². The Morgan fingerprint density at radius 1 is 1.69 bits per heavy atom.